The molecule has 0 aliphatic carbocycles. The van der Waals surface area contributed by atoms with Gasteiger partial charge in [0.15, 0.2) is 5.03 Å². The number of rotatable bonds is 4. The molecule has 1 saturated heterocycles. The minimum atomic E-state index is -0.378. The summed E-state index contributed by atoms with van der Waals surface area (Å²) in [6, 6.07) is 3.56. The zero-order valence-electron chi connectivity index (χ0n) is 8.76. The first kappa shape index (κ1) is 11.3. The Morgan fingerprint density at radius 2 is 2.56 bits per heavy atom. The summed E-state index contributed by atoms with van der Waals surface area (Å²) < 4.78 is 0. The van der Waals surface area contributed by atoms with E-state index in [1.165, 1.54) is 24.2 Å². The molecule has 0 radical (unpaired) electrons. The summed E-state index contributed by atoms with van der Waals surface area (Å²) in [6.45, 7) is 1.05. The number of pyridine rings is 1. The number of nitro groups is 1. The molecule has 86 valence electrons. The Labute approximate surface area is 97.8 Å². The standard InChI is InChI=1S/C10H13N3O2S/c14-13(15)9-4-2-6-12-10(9)16-7-8-3-1-5-11-8/h2,4,6,8,11H,1,3,5,7H2/t8-/m1/s1. The van der Waals surface area contributed by atoms with E-state index in [0.29, 0.717) is 11.1 Å². The largest absolute Gasteiger partial charge is 0.313 e. The van der Waals surface area contributed by atoms with Gasteiger partial charge in [0, 0.05) is 24.1 Å². The van der Waals surface area contributed by atoms with Crippen LogP contribution in [0.2, 0.25) is 0 Å². The van der Waals surface area contributed by atoms with Gasteiger partial charge in [-0.2, -0.15) is 0 Å². The molecule has 0 aromatic carbocycles. The van der Waals surface area contributed by atoms with E-state index < -0.39 is 0 Å². The van der Waals surface area contributed by atoms with Crippen LogP contribution in [0, 0.1) is 10.1 Å². The fourth-order valence-corrected chi connectivity index (χ4v) is 2.78. The molecule has 0 amide bonds. The van der Waals surface area contributed by atoms with Crippen molar-refractivity contribution in [2.75, 3.05) is 12.3 Å². The molecule has 1 aliphatic heterocycles. The number of nitrogens with one attached hydrogen (secondary N) is 1. The fourth-order valence-electron chi connectivity index (χ4n) is 1.71. The highest BCUT2D eigenvalue weighted by molar-refractivity contribution is 7.99. The maximum Gasteiger partial charge on any atom is 0.301 e. The molecule has 2 heterocycles. The summed E-state index contributed by atoms with van der Waals surface area (Å²) in [4.78, 5) is 14.4. The molecule has 0 bridgehead atoms. The number of hydrogen-bond acceptors (Lipinski definition) is 5. The molecule has 0 spiro atoms. The van der Waals surface area contributed by atoms with Crippen molar-refractivity contribution in [1.82, 2.24) is 10.3 Å². The lowest BCUT2D eigenvalue weighted by atomic mass is 10.3. The first-order valence-corrected chi connectivity index (χ1v) is 6.21. The number of hydrogen-bond donors (Lipinski definition) is 1. The van der Waals surface area contributed by atoms with E-state index in [0.717, 1.165) is 18.7 Å². The molecular formula is C10H13N3O2S. The fraction of sp³-hybridized carbons (Fsp3) is 0.500. The van der Waals surface area contributed by atoms with Gasteiger partial charge in [-0.15, -0.1) is 0 Å². The maximum absolute atomic E-state index is 10.8. The predicted molar refractivity (Wildman–Crippen MR) is 62.6 cm³/mol. The molecule has 1 N–H and O–H groups in total. The molecule has 1 atom stereocenters. The molecule has 0 unspecified atom stereocenters. The molecular weight excluding hydrogens is 226 g/mol. The van der Waals surface area contributed by atoms with Gasteiger partial charge >= 0.3 is 5.69 Å². The van der Waals surface area contributed by atoms with Crippen LogP contribution in [0.3, 0.4) is 0 Å². The Bertz CT molecular complexity index is 380. The van der Waals surface area contributed by atoms with E-state index in [-0.39, 0.29) is 10.6 Å². The van der Waals surface area contributed by atoms with Crippen molar-refractivity contribution in [2.24, 2.45) is 0 Å². The normalized spacial score (nSPS) is 19.9. The Balaban J connectivity index is 2.00. The second-order valence-corrected chi connectivity index (χ2v) is 4.70. The van der Waals surface area contributed by atoms with Crippen molar-refractivity contribution < 1.29 is 4.92 Å². The summed E-state index contributed by atoms with van der Waals surface area (Å²) in [5.41, 5.74) is 0.102. The van der Waals surface area contributed by atoms with Crippen molar-refractivity contribution in [3.05, 3.63) is 28.4 Å². The van der Waals surface area contributed by atoms with Gasteiger partial charge in [-0.25, -0.2) is 4.98 Å². The third kappa shape index (κ3) is 2.70. The molecule has 1 aromatic heterocycles. The molecule has 1 aliphatic rings. The van der Waals surface area contributed by atoms with E-state index in [2.05, 4.69) is 10.3 Å². The van der Waals surface area contributed by atoms with Crippen molar-refractivity contribution in [2.45, 2.75) is 23.9 Å². The van der Waals surface area contributed by atoms with Gasteiger partial charge in [-0.05, 0) is 25.5 Å². The smallest absolute Gasteiger partial charge is 0.301 e. The Morgan fingerprint density at radius 1 is 1.69 bits per heavy atom. The topological polar surface area (TPSA) is 68.1 Å². The van der Waals surface area contributed by atoms with Crippen LogP contribution in [-0.4, -0.2) is 28.2 Å². The quantitative estimate of drug-likeness (QED) is 0.493. The predicted octanol–water partition coefficient (Wildman–Crippen LogP) is 1.83. The highest BCUT2D eigenvalue weighted by Gasteiger charge is 2.18. The van der Waals surface area contributed by atoms with Crippen molar-refractivity contribution >= 4 is 17.4 Å². The number of nitrogens with zero attached hydrogens (tertiary/aromatic N) is 2. The highest BCUT2D eigenvalue weighted by atomic mass is 32.2. The van der Waals surface area contributed by atoms with E-state index in [4.69, 9.17) is 0 Å². The second-order valence-electron chi connectivity index (χ2n) is 3.69. The SMILES string of the molecule is O=[N+]([O-])c1cccnc1SC[C@H]1CCCN1. The van der Waals surface area contributed by atoms with Gasteiger partial charge in [0.1, 0.15) is 0 Å². The lowest BCUT2D eigenvalue weighted by Crippen LogP contribution is -2.23. The van der Waals surface area contributed by atoms with Crippen LogP contribution in [0.25, 0.3) is 0 Å². The first-order valence-electron chi connectivity index (χ1n) is 5.23. The molecule has 1 fully saturated rings. The Kier molecular flexibility index (Phi) is 3.74. The van der Waals surface area contributed by atoms with Crippen molar-refractivity contribution in [3.8, 4) is 0 Å². The first-order chi connectivity index (χ1) is 7.77. The molecule has 16 heavy (non-hydrogen) atoms. The van der Waals surface area contributed by atoms with Crippen molar-refractivity contribution in [1.29, 1.82) is 0 Å². The number of thioether (sulfide) groups is 1. The van der Waals surface area contributed by atoms with Crippen LogP contribution < -0.4 is 5.32 Å². The summed E-state index contributed by atoms with van der Waals surface area (Å²) >= 11 is 1.46. The number of aromatic nitrogens is 1. The highest BCUT2D eigenvalue weighted by Crippen LogP contribution is 2.27. The molecule has 1 aromatic rings. The van der Waals surface area contributed by atoms with Gasteiger partial charge in [0.25, 0.3) is 0 Å². The van der Waals surface area contributed by atoms with E-state index >= 15 is 0 Å². The van der Waals surface area contributed by atoms with Crippen LogP contribution in [0.4, 0.5) is 5.69 Å². The summed E-state index contributed by atoms with van der Waals surface area (Å²) in [5.74, 6) is 0.845. The molecule has 0 saturated carbocycles. The average molecular weight is 239 g/mol. The van der Waals surface area contributed by atoms with E-state index in [1.54, 1.807) is 12.3 Å². The van der Waals surface area contributed by atoms with Gasteiger partial charge in [-0.1, -0.05) is 11.8 Å². The minimum absolute atomic E-state index is 0.102. The molecule has 6 heteroatoms. The summed E-state index contributed by atoms with van der Waals surface area (Å²) in [7, 11) is 0. The van der Waals surface area contributed by atoms with Gasteiger partial charge in [0.05, 0.1) is 4.92 Å². The van der Waals surface area contributed by atoms with Crippen molar-refractivity contribution in [3.63, 3.8) is 0 Å². The zero-order chi connectivity index (χ0) is 11.4. The summed E-state index contributed by atoms with van der Waals surface area (Å²) in [6.07, 6.45) is 3.93. The monoisotopic (exact) mass is 239 g/mol. The maximum atomic E-state index is 10.8. The van der Waals surface area contributed by atoms with Crippen LogP contribution in [-0.2, 0) is 0 Å². The summed E-state index contributed by atoms with van der Waals surface area (Å²) in [5, 5.41) is 14.6. The van der Waals surface area contributed by atoms with Gasteiger partial charge in [-0.3, -0.25) is 10.1 Å². The minimum Gasteiger partial charge on any atom is -0.313 e. The molecule has 5 nitrogen and oxygen atoms in total. The van der Waals surface area contributed by atoms with Gasteiger partial charge < -0.3 is 5.32 Å². The lowest BCUT2D eigenvalue weighted by Gasteiger charge is -2.08. The average Bonchev–Trinajstić information content (AvgIpc) is 2.79. The lowest BCUT2D eigenvalue weighted by molar-refractivity contribution is -0.388. The third-order valence-electron chi connectivity index (χ3n) is 2.53. The third-order valence-corrected chi connectivity index (χ3v) is 3.69. The zero-order valence-corrected chi connectivity index (χ0v) is 9.57. The Morgan fingerprint density at radius 3 is 3.25 bits per heavy atom. The van der Waals surface area contributed by atoms with E-state index in [1.807, 2.05) is 0 Å². The Hall–Kier alpha value is -1.14. The second kappa shape index (κ2) is 5.27. The van der Waals surface area contributed by atoms with Crippen LogP contribution in [0.5, 0.6) is 0 Å². The van der Waals surface area contributed by atoms with Crippen LogP contribution >= 0.6 is 11.8 Å². The molecule has 2 rings (SSSR count). The van der Waals surface area contributed by atoms with Gasteiger partial charge in [0.2, 0.25) is 0 Å². The van der Waals surface area contributed by atoms with E-state index in [9.17, 15) is 10.1 Å². The van der Waals surface area contributed by atoms with Crippen LogP contribution in [0.15, 0.2) is 23.4 Å². The van der Waals surface area contributed by atoms with Crippen LogP contribution in [0.1, 0.15) is 12.8 Å².